The first-order valence-corrected chi connectivity index (χ1v) is 11.8. The highest BCUT2D eigenvalue weighted by Gasteiger charge is 2.37. The molecule has 2 aromatic carbocycles. The third-order valence-electron chi connectivity index (χ3n) is 5.76. The molecule has 0 amide bonds. The molecule has 34 heavy (non-hydrogen) atoms. The molecule has 1 saturated carbocycles. The van der Waals surface area contributed by atoms with Gasteiger partial charge in [-0.15, -0.1) is 0 Å². The largest absolute Gasteiger partial charge is 0.482 e. The SMILES string of the molecule is CCOC(=O)COc1ccc2c(c1)C(NNC(=S)Nc1ccccc1F)=CC1(CCCCC1)O2. The van der Waals surface area contributed by atoms with Crippen molar-refractivity contribution in [3.05, 3.63) is 59.9 Å². The van der Waals surface area contributed by atoms with E-state index in [1.165, 1.54) is 12.5 Å². The first-order chi connectivity index (χ1) is 16.5. The van der Waals surface area contributed by atoms with Gasteiger partial charge in [-0.3, -0.25) is 10.9 Å². The van der Waals surface area contributed by atoms with Crippen LogP contribution in [-0.4, -0.2) is 29.9 Å². The van der Waals surface area contributed by atoms with Crippen LogP contribution < -0.4 is 25.6 Å². The van der Waals surface area contributed by atoms with Gasteiger partial charge in [-0.1, -0.05) is 18.6 Å². The summed E-state index contributed by atoms with van der Waals surface area (Å²) >= 11 is 5.35. The topological polar surface area (TPSA) is 80.9 Å². The van der Waals surface area contributed by atoms with Gasteiger partial charge < -0.3 is 19.5 Å². The Balaban J connectivity index is 1.52. The number of nitrogens with one attached hydrogen (secondary N) is 3. The van der Waals surface area contributed by atoms with Crippen molar-refractivity contribution in [1.82, 2.24) is 10.9 Å². The van der Waals surface area contributed by atoms with E-state index in [2.05, 4.69) is 22.2 Å². The van der Waals surface area contributed by atoms with Crippen molar-refractivity contribution >= 4 is 34.7 Å². The van der Waals surface area contributed by atoms with E-state index in [-0.39, 0.29) is 17.4 Å². The van der Waals surface area contributed by atoms with Crippen molar-refractivity contribution in [3.8, 4) is 11.5 Å². The zero-order valence-corrected chi connectivity index (χ0v) is 19.8. The van der Waals surface area contributed by atoms with Crippen LogP contribution in [0.4, 0.5) is 10.1 Å². The van der Waals surface area contributed by atoms with Gasteiger partial charge >= 0.3 is 5.97 Å². The minimum atomic E-state index is -0.433. The van der Waals surface area contributed by atoms with Gasteiger partial charge in [0.25, 0.3) is 0 Å². The predicted octanol–water partition coefficient (Wildman–Crippen LogP) is 4.70. The maximum atomic E-state index is 14.0. The van der Waals surface area contributed by atoms with E-state index in [0.29, 0.717) is 18.1 Å². The number of fused-ring (bicyclic) bond motifs is 1. The van der Waals surface area contributed by atoms with Crippen LogP contribution in [0.3, 0.4) is 0 Å². The number of esters is 1. The quantitative estimate of drug-likeness (QED) is 0.296. The number of rotatable bonds is 7. The lowest BCUT2D eigenvalue weighted by Gasteiger charge is -2.39. The zero-order valence-electron chi connectivity index (χ0n) is 19.0. The van der Waals surface area contributed by atoms with Crippen LogP contribution in [-0.2, 0) is 9.53 Å². The number of benzene rings is 2. The number of para-hydroxylation sites is 1. The molecule has 1 fully saturated rings. The Kier molecular flexibility index (Phi) is 7.52. The summed E-state index contributed by atoms with van der Waals surface area (Å²) in [5.74, 6) is 0.393. The summed E-state index contributed by atoms with van der Waals surface area (Å²) in [4.78, 5) is 11.7. The third-order valence-corrected chi connectivity index (χ3v) is 5.96. The van der Waals surface area contributed by atoms with E-state index in [1.807, 2.05) is 6.07 Å². The van der Waals surface area contributed by atoms with E-state index in [1.54, 1.807) is 37.3 Å². The van der Waals surface area contributed by atoms with Gasteiger partial charge in [-0.2, -0.15) is 0 Å². The standard InChI is InChI=1S/C25H28FN3O4S/c1-2-31-23(30)16-32-17-10-11-22-18(14-17)21(15-25(33-22)12-6-3-7-13-25)28-29-24(34)27-20-9-5-4-8-19(20)26/h4-5,8-11,14-15,28H,2-3,6-7,12-13,16H2,1H3,(H2,27,29,34). The van der Waals surface area contributed by atoms with Crippen molar-refractivity contribution < 1.29 is 23.4 Å². The Hall–Kier alpha value is -3.33. The summed E-state index contributed by atoms with van der Waals surface area (Å²) in [6.07, 6.45) is 7.25. The summed E-state index contributed by atoms with van der Waals surface area (Å²) in [7, 11) is 0. The Bertz CT molecular complexity index is 1090. The van der Waals surface area contributed by atoms with Crippen LogP contribution >= 0.6 is 12.2 Å². The molecular formula is C25H28FN3O4S. The fraction of sp³-hybridized carbons (Fsp3) is 0.360. The minimum Gasteiger partial charge on any atom is -0.482 e. The average molecular weight is 486 g/mol. The summed E-state index contributed by atoms with van der Waals surface area (Å²) in [6, 6.07) is 11.7. The van der Waals surface area contributed by atoms with Gasteiger partial charge in [0.05, 0.1) is 18.0 Å². The number of hydrazine groups is 1. The third kappa shape index (κ3) is 5.77. The van der Waals surface area contributed by atoms with Gasteiger partial charge in [0.2, 0.25) is 0 Å². The Labute approximate surface area is 203 Å². The zero-order chi connectivity index (χ0) is 24.0. The van der Waals surface area contributed by atoms with E-state index in [9.17, 15) is 9.18 Å². The maximum absolute atomic E-state index is 14.0. The second-order valence-electron chi connectivity index (χ2n) is 8.22. The molecule has 0 atom stereocenters. The molecule has 0 unspecified atom stereocenters. The first-order valence-electron chi connectivity index (χ1n) is 11.4. The van der Waals surface area contributed by atoms with Gasteiger partial charge in [-0.05, 0) is 81.2 Å². The van der Waals surface area contributed by atoms with Gasteiger partial charge in [0.15, 0.2) is 11.7 Å². The lowest BCUT2D eigenvalue weighted by atomic mass is 9.82. The fourth-order valence-electron chi connectivity index (χ4n) is 4.17. The molecule has 1 aliphatic heterocycles. The van der Waals surface area contributed by atoms with Crippen molar-refractivity contribution in [3.63, 3.8) is 0 Å². The minimum absolute atomic E-state index is 0.182. The number of hydrogen-bond donors (Lipinski definition) is 3. The molecule has 9 heteroatoms. The second kappa shape index (κ2) is 10.7. The second-order valence-corrected chi connectivity index (χ2v) is 8.63. The molecule has 3 N–H and O–H groups in total. The number of hydrogen-bond acceptors (Lipinski definition) is 6. The van der Waals surface area contributed by atoms with Gasteiger partial charge in [0, 0.05) is 5.56 Å². The van der Waals surface area contributed by atoms with Crippen LogP contribution in [0.1, 0.15) is 44.6 Å². The molecule has 1 aliphatic carbocycles. The molecule has 0 aromatic heterocycles. The monoisotopic (exact) mass is 485 g/mol. The highest BCUT2D eigenvalue weighted by molar-refractivity contribution is 7.80. The number of carbonyl (C=O) groups excluding carboxylic acids is 1. The van der Waals surface area contributed by atoms with Crippen LogP contribution in [0.15, 0.2) is 48.5 Å². The van der Waals surface area contributed by atoms with Crippen LogP contribution in [0.2, 0.25) is 0 Å². The van der Waals surface area contributed by atoms with Crippen LogP contribution in [0.25, 0.3) is 5.70 Å². The van der Waals surface area contributed by atoms with Crippen molar-refractivity contribution in [1.29, 1.82) is 0 Å². The molecule has 0 saturated heterocycles. The van der Waals surface area contributed by atoms with Crippen LogP contribution in [0, 0.1) is 5.82 Å². The number of carbonyl (C=O) groups is 1. The number of anilines is 1. The van der Waals surface area contributed by atoms with E-state index >= 15 is 0 Å². The Morgan fingerprint density at radius 1 is 1.18 bits per heavy atom. The number of thiocarbonyl (C=S) groups is 1. The number of halogens is 1. The molecule has 1 heterocycles. The molecule has 4 rings (SSSR count). The molecule has 1 spiro atoms. The van der Waals surface area contributed by atoms with Crippen molar-refractivity contribution in [2.75, 3.05) is 18.5 Å². The molecule has 2 aliphatic rings. The van der Waals surface area contributed by atoms with E-state index in [0.717, 1.165) is 36.9 Å². The summed E-state index contributed by atoms with van der Waals surface area (Å²) in [5, 5.41) is 3.06. The highest BCUT2D eigenvalue weighted by atomic mass is 32.1. The number of ether oxygens (including phenoxy) is 3. The average Bonchev–Trinajstić information content (AvgIpc) is 2.83. The lowest BCUT2D eigenvalue weighted by Crippen LogP contribution is -2.44. The summed E-state index contributed by atoms with van der Waals surface area (Å²) in [5.41, 5.74) is 7.51. The fourth-order valence-corrected chi connectivity index (χ4v) is 4.33. The Morgan fingerprint density at radius 3 is 2.74 bits per heavy atom. The Morgan fingerprint density at radius 2 is 1.97 bits per heavy atom. The molecule has 0 radical (unpaired) electrons. The normalized spacial score (nSPS) is 15.9. The molecule has 180 valence electrons. The molecule has 0 bridgehead atoms. The maximum Gasteiger partial charge on any atom is 0.344 e. The van der Waals surface area contributed by atoms with E-state index in [4.69, 9.17) is 26.4 Å². The smallest absolute Gasteiger partial charge is 0.344 e. The molecular weight excluding hydrogens is 457 g/mol. The van der Waals surface area contributed by atoms with Gasteiger partial charge in [0.1, 0.15) is 22.9 Å². The van der Waals surface area contributed by atoms with Crippen LogP contribution in [0.5, 0.6) is 11.5 Å². The van der Waals surface area contributed by atoms with Crippen molar-refractivity contribution in [2.45, 2.75) is 44.6 Å². The highest BCUT2D eigenvalue weighted by Crippen LogP contribution is 2.43. The van der Waals surface area contributed by atoms with Gasteiger partial charge in [-0.25, -0.2) is 9.18 Å². The lowest BCUT2D eigenvalue weighted by molar-refractivity contribution is -0.145. The first kappa shape index (κ1) is 23.8. The predicted molar refractivity (Wildman–Crippen MR) is 132 cm³/mol. The summed E-state index contributed by atoms with van der Waals surface area (Å²) in [6.45, 7) is 1.86. The summed E-state index contributed by atoms with van der Waals surface area (Å²) < 4.78 is 30.9. The molecule has 2 aromatic rings. The molecule has 7 nitrogen and oxygen atoms in total. The van der Waals surface area contributed by atoms with E-state index < -0.39 is 17.4 Å². The van der Waals surface area contributed by atoms with Crippen molar-refractivity contribution in [2.24, 2.45) is 0 Å².